The van der Waals surface area contributed by atoms with Crippen LogP contribution in [-0.4, -0.2) is 63.6 Å². The van der Waals surface area contributed by atoms with Crippen molar-refractivity contribution < 1.29 is 9.47 Å². The number of anilines is 1. The van der Waals surface area contributed by atoms with E-state index in [9.17, 15) is 0 Å². The van der Waals surface area contributed by atoms with Crippen LogP contribution in [0.1, 0.15) is 51.0 Å². The molecule has 0 atom stereocenters. The van der Waals surface area contributed by atoms with Gasteiger partial charge in [0.1, 0.15) is 5.82 Å². The Morgan fingerprint density at radius 2 is 2.07 bits per heavy atom. The smallest absolute Gasteiger partial charge is 0.191 e. The molecule has 2 fully saturated rings. The summed E-state index contributed by atoms with van der Waals surface area (Å²) in [6, 6.07) is 4.24. The first-order chi connectivity index (χ1) is 14.8. The van der Waals surface area contributed by atoms with E-state index < -0.39 is 0 Å². The Morgan fingerprint density at radius 3 is 2.87 bits per heavy atom. The van der Waals surface area contributed by atoms with Gasteiger partial charge in [0.25, 0.3) is 0 Å². The quantitative estimate of drug-likeness (QED) is 0.346. The molecule has 168 valence electrons. The molecule has 0 saturated carbocycles. The van der Waals surface area contributed by atoms with E-state index in [2.05, 4.69) is 39.6 Å². The Balaban J connectivity index is 1.38. The molecule has 0 aliphatic carbocycles. The number of ether oxygens (including phenoxy) is 2. The molecule has 1 aromatic heterocycles. The highest BCUT2D eigenvalue weighted by Gasteiger charge is 2.14. The number of piperidine rings is 1. The number of aromatic nitrogens is 1. The maximum atomic E-state index is 5.85. The van der Waals surface area contributed by atoms with Gasteiger partial charge in [-0.1, -0.05) is 0 Å². The summed E-state index contributed by atoms with van der Waals surface area (Å²) in [7, 11) is 0. The number of pyridine rings is 1. The van der Waals surface area contributed by atoms with Crippen LogP contribution >= 0.6 is 0 Å². The largest absolute Gasteiger partial charge is 0.381 e. The van der Waals surface area contributed by atoms with Gasteiger partial charge in [-0.05, 0) is 69.1 Å². The average molecular weight is 418 g/mol. The number of rotatable bonds is 10. The van der Waals surface area contributed by atoms with Crippen molar-refractivity contribution in [2.45, 2.75) is 52.0 Å². The Morgan fingerprint density at radius 1 is 1.23 bits per heavy atom. The van der Waals surface area contributed by atoms with Crippen molar-refractivity contribution in [2.24, 2.45) is 10.9 Å². The van der Waals surface area contributed by atoms with Crippen LogP contribution in [0.2, 0.25) is 0 Å². The van der Waals surface area contributed by atoms with Gasteiger partial charge in [0.15, 0.2) is 5.96 Å². The standard InChI is InChI=1S/C23H39N5O2/c1-2-24-23(26-10-6-14-30-19-20-8-15-29-16-9-20)27-18-21-7-11-25-22(17-21)28-12-4-3-5-13-28/h7,11,17,20H,2-6,8-10,12-16,18-19H2,1H3,(H2,24,26,27). The highest BCUT2D eigenvalue weighted by atomic mass is 16.5. The lowest BCUT2D eigenvalue weighted by Crippen LogP contribution is -2.38. The summed E-state index contributed by atoms with van der Waals surface area (Å²) in [5, 5.41) is 6.75. The minimum atomic E-state index is 0.652. The highest BCUT2D eigenvalue weighted by molar-refractivity contribution is 5.79. The van der Waals surface area contributed by atoms with E-state index in [0.29, 0.717) is 12.5 Å². The number of nitrogens with zero attached hydrogens (tertiary/aromatic N) is 3. The maximum Gasteiger partial charge on any atom is 0.191 e. The molecule has 1 aromatic rings. The molecule has 2 N–H and O–H groups in total. The summed E-state index contributed by atoms with van der Waals surface area (Å²) < 4.78 is 11.2. The lowest BCUT2D eigenvalue weighted by Gasteiger charge is -2.27. The Labute approximate surface area is 181 Å². The van der Waals surface area contributed by atoms with E-state index >= 15 is 0 Å². The van der Waals surface area contributed by atoms with Gasteiger partial charge in [-0.15, -0.1) is 0 Å². The molecule has 30 heavy (non-hydrogen) atoms. The molecule has 2 aliphatic heterocycles. The van der Waals surface area contributed by atoms with Crippen molar-refractivity contribution in [3.05, 3.63) is 23.9 Å². The van der Waals surface area contributed by atoms with Gasteiger partial charge in [-0.3, -0.25) is 0 Å². The van der Waals surface area contributed by atoms with E-state index in [0.717, 1.165) is 83.6 Å². The Hall–Kier alpha value is -1.86. The molecular formula is C23H39N5O2. The van der Waals surface area contributed by atoms with Gasteiger partial charge in [-0.25, -0.2) is 9.98 Å². The topological polar surface area (TPSA) is 71.0 Å². The zero-order valence-corrected chi connectivity index (χ0v) is 18.6. The summed E-state index contributed by atoms with van der Waals surface area (Å²) in [6.07, 6.45) is 8.99. The van der Waals surface area contributed by atoms with Crippen LogP contribution in [0.15, 0.2) is 23.3 Å². The maximum absolute atomic E-state index is 5.85. The van der Waals surface area contributed by atoms with Crippen LogP contribution in [-0.2, 0) is 16.0 Å². The zero-order valence-electron chi connectivity index (χ0n) is 18.6. The van der Waals surface area contributed by atoms with Crippen LogP contribution in [0.25, 0.3) is 0 Å². The van der Waals surface area contributed by atoms with Crippen molar-refractivity contribution in [3.8, 4) is 0 Å². The van der Waals surface area contributed by atoms with Gasteiger partial charge < -0.3 is 25.0 Å². The minimum absolute atomic E-state index is 0.652. The van der Waals surface area contributed by atoms with E-state index in [1.807, 2.05) is 6.20 Å². The van der Waals surface area contributed by atoms with Gasteiger partial charge >= 0.3 is 0 Å². The zero-order chi connectivity index (χ0) is 20.9. The van der Waals surface area contributed by atoms with Crippen molar-refractivity contribution >= 4 is 11.8 Å². The summed E-state index contributed by atoms with van der Waals surface area (Å²) in [5.74, 6) is 2.61. The molecule has 0 aromatic carbocycles. The fourth-order valence-corrected chi connectivity index (χ4v) is 3.91. The third kappa shape index (κ3) is 8.11. The summed E-state index contributed by atoms with van der Waals surface area (Å²) in [4.78, 5) is 11.7. The first kappa shape index (κ1) is 22.8. The van der Waals surface area contributed by atoms with Crippen LogP contribution in [0.5, 0.6) is 0 Å². The second-order valence-electron chi connectivity index (χ2n) is 8.18. The van der Waals surface area contributed by atoms with Crippen molar-refractivity contribution in [2.75, 3.05) is 57.5 Å². The molecule has 3 rings (SSSR count). The monoisotopic (exact) mass is 417 g/mol. The third-order valence-corrected chi connectivity index (χ3v) is 5.71. The predicted octanol–water partition coefficient (Wildman–Crippen LogP) is 2.96. The molecule has 2 saturated heterocycles. The lowest BCUT2D eigenvalue weighted by molar-refractivity contribution is 0.0203. The first-order valence-corrected chi connectivity index (χ1v) is 11.7. The molecule has 7 nitrogen and oxygen atoms in total. The molecule has 0 spiro atoms. The first-order valence-electron chi connectivity index (χ1n) is 11.7. The van der Waals surface area contributed by atoms with E-state index in [1.165, 1.54) is 24.8 Å². The van der Waals surface area contributed by atoms with Crippen LogP contribution in [0.4, 0.5) is 5.82 Å². The van der Waals surface area contributed by atoms with E-state index in [1.54, 1.807) is 0 Å². The number of nitrogens with one attached hydrogen (secondary N) is 2. The van der Waals surface area contributed by atoms with Crippen molar-refractivity contribution in [1.29, 1.82) is 0 Å². The SMILES string of the molecule is CCNC(=NCc1ccnc(N2CCCCC2)c1)NCCCOCC1CCOCC1. The fraction of sp³-hybridized carbons (Fsp3) is 0.739. The third-order valence-electron chi connectivity index (χ3n) is 5.71. The average Bonchev–Trinajstić information content (AvgIpc) is 2.81. The molecule has 0 radical (unpaired) electrons. The fourth-order valence-electron chi connectivity index (χ4n) is 3.91. The minimum Gasteiger partial charge on any atom is -0.381 e. The predicted molar refractivity (Wildman–Crippen MR) is 122 cm³/mol. The summed E-state index contributed by atoms with van der Waals surface area (Å²) in [5.41, 5.74) is 1.20. The highest BCUT2D eigenvalue weighted by Crippen LogP contribution is 2.18. The summed E-state index contributed by atoms with van der Waals surface area (Å²) >= 11 is 0. The number of hydrogen-bond acceptors (Lipinski definition) is 5. The van der Waals surface area contributed by atoms with Gasteiger partial charge in [-0.2, -0.15) is 0 Å². The van der Waals surface area contributed by atoms with Crippen LogP contribution in [0, 0.1) is 5.92 Å². The molecule has 2 aliphatic rings. The van der Waals surface area contributed by atoms with Gasteiger partial charge in [0.05, 0.1) is 6.54 Å². The molecule has 7 heteroatoms. The Kier molecular flexibility index (Phi) is 10.2. The summed E-state index contributed by atoms with van der Waals surface area (Å²) in [6.45, 7) is 10.1. The molecule has 3 heterocycles. The molecule has 0 bridgehead atoms. The normalized spacial score (nSPS) is 18.4. The molecular weight excluding hydrogens is 378 g/mol. The number of aliphatic imine (C=N–C) groups is 1. The number of hydrogen-bond donors (Lipinski definition) is 2. The Bertz CT molecular complexity index is 628. The second kappa shape index (κ2) is 13.4. The lowest BCUT2D eigenvalue weighted by atomic mass is 10.0. The second-order valence-corrected chi connectivity index (χ2v) is 8.18. The van der Waals surface area contributed by atoms with Crippen LogP contribution < -0.4 is 15.5 Å². The van der Waals surface area contributed by atoms with E-state index in [4.69, 9.17) is 14.5 Å². The number of guanidine groups is 1. The van der Waals surface area contributed by atoms with Crippen LogP contribution in [0.3, 0.4) is 0 Å². The van der Waals surface area contributed by atoms with Gasteiger partial charge in [0.2, 0.25) is 0 Å². The van der Waals surface area contributed by atoms with Gasteiger partial charge in [0, 0.05) is 58.8 Å². The van der Waals surface area contributed by atoms with Crippen molar-refractivity contribution in [1.82, 2.24) is 15.6 Å². The van der Waals surface area contributed by atoms with E-state index in [-0.39, 0.29) is 0 Å². The molecule has 0 amide bonds. The van der Waals surface area contributed by atoms with Crippen molar-refractivity contribution in [3.63, 3.8) is 0 Å². The molecule has 0 unspecified atom stereocenters.